The zero-order chi connectivity index (χ0) is 18.2. The molecular formula is C20H32N4OS. The Labute approximate surface area is 161 Å². The summed E-state index contributed by atoms with van der Waals surface area (Å²) in [6.07, 6.45) is 13.0. The Hall–Kier alpha value is -1.43. The summed E-state index contributed by atoms with van der Waals surface area (Å²) in [6.45, 7) is 3.62. The Morgan fingerprint density at radius 1 is 1.31 bits per heavy atom. The van der Waals surface area contributed by atoms with E-state index in [9.17, 15) is 0 Å². The molecule has 0 radical (unpaired) electrons. The number of thioether (sulfide) groups is 1. The second-order valence-corrected chi connectivity index (χ2v) is 8.37. The van der Waals surface area contributed by atoms with E-state index < -0.39 is 0 Å². The number of aliphatic imine (C=N–C) groups is 1. The lowest BCUT2D eigenvalue weighted by Gasteiger charge is -2.17. The Morgan fingerprint density at radius 2 is 2.15 bits per heavy atom. The number of nitrogens with zero attached hydrogens (tertiary/aromatic N) is 2. The van der Waals surface area contributed by atoms with Crippen molar-refractivity contribution in [1.82, 2.24) is 15.6 Å². The molecule has 0 aromatic carbocycles. The Morgan fingerprint density at radius 3 is 2.88 bits per heavy atom. The van der Waals surface area contributed by atoms with Crippen LogP contribution >= 0.6 is 11.8 Å². The van der Waals surface area contributed by atoms with E-state index in [0.717, 1.165) is 42.0 Å². The standard InChI is InChI=1S/C20H32N4OS/c1-3-21-20(24-16-8-9-18(13-16)26-2)23-14-15-10-11-22-19(12-15)25-17-6-4-5-7-17/h10-12,16-18H,3-9,13-14H2,1-2H3,(H2,21,23,24). The van der Waals surface area contributed by atoms with E-state index in [1.165, 1.54) is 32.1 Å². The molecule has 2 aliphatic carbocycles. The number of rotatable bonds is 7. The van der Waals surface area contributed by atoms with Crippen LogP contribution in [0.3, 0.4) is 0 Å². The number of hydrogen-bond donors (Lipinski definition) is 2. The Balaban J connectivity index is 1.56. The Bertz CT molecular complexity index is 589. The summed E-state index contributed by atoms with van der Waals surface area (Å²) in [5.74, 6) is 1.65. The molecule has 6 heteroatoms. The van der Waals surface area contributed by atoms with Gasteiger partial charge in [0.2, 0.25) is 5.88 Å². The van der Waals surface area contributed by atoms with Crippen LogP contribution in [0.2, 0.25) is 0 Å². The fraction of sp³-hybridized carbons (Fsp3) is 0.700. The number of ether oxygens (including phenoxy) is 1. The summed E-state index contributed by atoms with van der Waals surface area (Å²) in [5.41, 5.74) is 1.14. The molecule has 0 aliphatic heterocycles. The minimum atomic E-state index is 0.340. The predicted octanol–water partition coefficient (Wildman–Crippen LogP) is 3.74. The second-order valence-electron chi connectivity index (χ2n) is 7.23. The lowest BCUT2D eigenvalue weighted by molar-refractivity contribution is 0.201. The predicted molar refractivity (Wildman–Crippen MR) is 110 cm³/mol. The van der Waals surface area contributed by atoms with Gasteiger partial charge < -0.3 is 15.4 Å². The van der Waals surface area contributed by atoms with Gasteiger partial charge in [0.1, 0.15) is 6.10 Å². The summed E-state index contributed by atoms with van der Waals surface area (Å²) in [4.78, 5) is 9.14. The van der Waals surface area contributed by atoms with Crippen molar-refractivity contribution in [2.24, 2.45) is 4.99 Å². The van der Waals surface area contributed by atoms with Crippen molar-refractivity contribution in [3.05, 3.63) is 23.9 Å². The van der Waals surface area contributed by atoms with Crippen LogP contribution in [0.15, 0.2) is 23.3 Å². The van der Waals surface area contributed by atoms with Crippen LogP contribution < -0.4 is 15.4 Å². The van der Waals surface area contributed by atoms with Crippen LogP contribution in [0.1, 0.15) is 57.4 Å². The third kappa shape index (κ3) is 5.79. The second kappa shape index (κ2) is 10.0. The Kier molecular flexibility index (Phi) is 7.47. The van der Waals surface area contributed by atoms with Gasteiger partial charge in [0.05, 0.1) is 6.54 Å². The van der Waals surface area contributed by atoms with Gasteiger partial charge in [-0.25, -0.2) is 9.98 Å². The van der Waals surface area contributed by atoms with E-state index in [-0.39, 0.29) is 0 Å². The topological polar surface area (TPSA) is 58.5 Å². The summed E-state index contributed by atoms with van der Waals surface area (Å²) in [5, 5.41) is 7.76. The molecule has 1 aromatic heterocycles. The van der Waals surface area contributed by atoms with Gasteiger partial charge in [0, 0.05) is 30.1 Å². The molecule has 0 saturated heterocycles. The molecule has 1 heterocycles. The molecule has 26 heavy (non-hydrogen) atoms. The first-order valence-corrected chi connectivity index (χ1v) is 11.2. The van der Waals surface area contributed by atoms with E-state index in [2.05, 4.69) is 28.8 Å². The molecule has 2 unspecified atom stereocenters. The van der Waals surface area contributed by atoms with Gasteiger partial charge in [-0.05, 0) is 69.8 Å². The van der Waals surface area contributed by atoms with Crippen LogP contribution in [0.5, 0.6) is 5.88 Å². The van der Waals surface area contributed by atoms with Crippen LogP contribution in [0.4, 0.5) is 0 Å². The lowest BCUT2D eigenvalue weighted by Crippen LogP contribution is -2.42. The van der Waals surface area contributed by atoms with Gasteiger partial charge in [-0.2, -0.15) is 11.8 Å². The normalized spacial score (nSPS) is 24.0. The molecule has 0 bridgehead atoms. The van der Waals surface area contributed by atoms with E-state index in [1.807, 2.05) is 30.1 Å². The van der Waals surface area contributed by atoms with E-state index >= 15 is 0 Å². The van der Waals surface area contributed by atoms with Gasteiger partial charge in [-0.3, -0.25) is 0 Å². The molecule has 5 nitrogen and oxygen atoms in total. The van der Waals surface area contributed by atoms with E-state index in [1.54, 1.807) is 0 Å². The maximum Gasteiger partial charge on any atom is 0.213 e. The van der Waals surface area contributed by atoms with E-state index in [4.69, 9.17) is 9.73 Å². The molecule has 2 saturated carbocycles. The zero-order valence-electron chi connectivity index (χ0n) is 16.0. The molecule has 2 aliphatic rings. The minimum Gasteiger partial charge on any atom is -0.474 e. The SMILES string of the molecule is CCNC(=NCc1ccnc(OC2CCCC2)c1)NC1CCC(SC)C1. The zero-order valence-corrected chi connectivity index (χ0v) is 16.9. The molecule has 0 amide bonds. The van der Waals surface area contributed by atoms with Gasteiger partial charge >= 0.3 is 0 Å². The minimum absolute atomic E-state index is 0.340. The molecule has 3 rings (SSSR count). The fourth-order valence-corrected chi connectivity index (χ4v) is 4.56. The number of guanidine groups is 1. The molecule has 1 aromatic rings. The van der Waals surface area contributed by atoms with E-state index in [0.29, 0.717) is 18.7 Å². The van der Waals surface area contributed by atoms with Gasteiger partial charge in [-0.1, -0.05) is 0 Å². The summed E-state index contributed by atoms with van der Waals surface area (Å²) >= 11 is 1.98. The largest absolute Gasteiger partial charge is 0.474 e. The van der Waals surface area contributed by atoms with Gasteiger partial charge in [0.25, 0.3) is 0 Å². The summed E-state index contributed by atoms with van der Waals surface area (Å²) in [6, 6.07) is 4.59. The van der Waals surface area contributed by atoms with Crippen molar-refractivity contribution in [3.63, 3.8) is 0 Å². The van der Waals surface area contributed by atoms with Crippen molar-refractivity contribution in [3.8, 4) is 5.88 Å². The van der Waals surface area contributed by atoms with Crippen LogP contribution in [-0.2, 0) is 6.54 Å². The number of pyridine rings is 1. The van der Waals surface area contributed by atoms with Crippen molar-refractivity contribution in [2.45, 2.75) is 75.8 Å². The summed E-state index contributed by atoms with van der Waals surface area (Å²) in [7, 11) is 0. The first kappa shape index (κ1) is 19.3. The fourth-order valence-electron chi connectivity index (χ4n) is 3.76. The first-order valence-electron chi connectivity index (χ1n) is 9.96. The number of hydrogen-bond acceptors (Lipinski definition) is 4. The average molecular weight is 377 g/mol. The monoisotopic (exact) mass is 376 g/mol. The number of nitrogens with one attached hydrogen (secondary N) is 2. The first-order chi connectivity index (χ1) is 12.8. The molecule has 2 N–H and O–H groups in total. The van der Waals surface area contributed by atoms with Crippen molar-refractivity contribution < 1.29 is 4.74 Å². The molecular weight excluding hydrogens is 344 g/mol. The highest BCUT2D eigenvalue weighted by Crippen LogP contribution is 2.28. The molecule has 2 fully saturated rings. The molecule has 144 valence electrons. The highest BCUT2D eigenvalue weighted by Gasteiger charge is 2.24. The number of aromatic nitrogens is 1. The van der Waals surface area contributed by atoms with Crippen molar-refractivity contribution in [1.29, 1.82) is 0 Å². The van der Waals surface area contributed by atoms with Crippen LogP contribution in [-0.4, -0.2) is 41.1 Å². The molecule has 2 atom stereocenters. The quantitative estimate of drug-likeness (QED) is 0.561. The van der Waals surface area contributed by atoms with Gasteiger partial charge in [-0.15, -0.1) is 0 Å². The third-order valence-corrected chi connectivity index (χ3v) is 6.31. The van der Waals surface area contributed by atoms with Crippen molar-refractivity contribution in [2.75, 3.05) is 12.8 Å². The van der Waals surface area contributed by atoms with Gasteiger partial charge in [0.15, 0.2) is 5.96 Å². The maximum absolute atomic E-state index is 6.01. The van der Waals surface area contributed by atoms with Crippen LogP contribution in [0.25, 0.3) is 0 Å². The van der Waals surface area contributed by atoms with Crippen LogP contribution in [0, 0.1) is 0 Å². The molecule has 0 spiro atoms. The smallest absolute Gasteiger partial charge is 0.213 e. The summed E-state index contributed by atoms with van der Waals surface area (Å²) < 4.78 is 6.01. The maximum atomic E-state index is 6.01. The average Bonchev–Trinajstić information content (AvgIpc) is 3.32. The highest BCUT2D eigenvalue weighted by atomic mass is 32.2. The lowest BCUT2D eigenvalue weighted by atomic mass is 10.2. The third-order valence-electron chi connectivity index (χ3n) is 5.21. The highest BCUT2D eigenvalue weighted by molar-refractivity contribution is 7.99. The van der Waals surface area contributed by atoms with Crippen molar-refractivity contribution >= 4 is 17.7 Å².